The van der Waals surface area contributed by atoms with Crippen molar-refractivity contribution in [3.63, 3.8) is 0 Å². The zero-order valence-electron chi connectivity index (χ0n) is 21.9. The molecule has 9 heteroatoms. The summed E-state index contributed by atoms with van der Waals surface area (Å²) in [6.07, 6.45) is -0.710. The molecule has 1 atom stereocenters. The number of alkyl carbamates (subject to hydrolysis) is 1. The SMILES string of the molecule is C[C@H](NC(=O)OCC1c2ccccc2-c2ccccc21)C(=O)OCCN(CCO)CC(=O)OC(C)(C)C. The van der Waals surface area contributed by atoms with Crippen molar-refractivity contribution in [1.82, 2.24) is 10.2 Å². The van der Waals surface area contributed by atoms with Crippen LogP contribution in [0.1, 0.15) is 44.7 Å². The molecule has 2 aromatic carbocycles. The number of nitrogens with one attached hydrogen (secondary N) is 1. The maximum Gasteiger partial charge on any atom is 0.407 e. The smallest absolute Gasteiger partial charge is 0.407 e. The Bertz CT molecular complexity index is 1050. The molecule has 2 aromatic rings. The van der Waals surface area contributed by atoms with Crippen LogP contribution >= 0.6 is 0 Å². The summed E-state index contributed by atoms with van der Waals surface area (Å²) < 4.78 is 16.0. The minimum atomic E-state index is -0.923. The fourth-order valence-electron chi connectivity index (χ4n) is 4.24. The van der Waals surface area contributed by atoms with E-state index < -0.39 is 29.7 Å². The average Bonchev–Trinajstić information content (AvgIpc) is 3.15. The lowest BCUT2D eigenvalue weighted by atomic mass is 9.98. The van der Waals surface area contributed by atoms with Crippen LogP contribution < -0.4 is 5.32 Å². The van der Waals surface area contributed by atoms with Crippen LogP contribution in [0.15, 0.2) is 48.5 Å². The summed E-state index contributed by atoms with van der Waals surface area (Å²) in [5.74, 6) is -1.14. The normalized spacial score (nSPS) is 13.5. The molecule has 0 spiro atoms. The lowest BCUT2D eigenvalue weighted by molar-refractivity contribution is -0.156. The summed E-state index contributed by atoms with van der Waals surface area (Å²) in [6.45, 7) is 7.21. The van der Waals surface area contributed by atoms with Gasteiger partial charge in [-0.25, -0.2) is 9.59 Å². The second-order valence-corrected chi connectivity index (χ2v) is 9.95. The summed E-state index contributed by atoms with van der Waals surface area (Å²) in [7, 11) is 0. The second kappa shape index (κ2) is 12.7. The van der Waals surface area contributed by atoms with Gasteiger partial charge in [-0.3, -0.25) is 9.69 Å². The van der Waals surface area contributed by atoms with Crippen molar-refractivity contribution in [2.75, 3.05) is 39.5 Å². The number of rotatable bonds is 11. The molecule has 37 heavy (non-hydrogen) atoms. The van der Waals surface area contributed by atoms with Crippen molar-refractivity contribution in [3.05, 3.63) is 59.7 Å². The number of fused-ring (bicyclic) bond motifs is 3. The van der Waals surface area contributed by atoms with Gasteiger partial charge in [0.05, 0.1) is 13.2 Å². The lowest BCUT2D eigenvalue weighted by Gasteiger charge is -2.24. The third-order valence-corrected chi connectivity index (χ3v) is 5.87. The van der Waals surface area contributed by atoms with Gasteiger partial charge in [0.2, 0.25) is 0 Å². The van der Waals surface area contributed by atoms with E-state index in [1.54, 1.807) is 25.7 Å². The number of hydrogen-bond donors (Lipinski definition) is 2. The lowest BCUT2D eigenvalue weighted by Crippen LogP contribution is -2.42. The molecule has 0 bridgehead atoms. The molecular formula is C28H36N2O7. The monoisotopic (exact) mass is 512 g/mol. The van der Waals surface area contributed by atoms with Gasteiger partial charge in [-0.1, -0.05) is 48.5 Å². The number of hydrogen-bond acceptors (Lipinski definition) is 8. The number of ether oxygens (including phenoxy) is 3. The van der Waals surface area contributed by atoms with Gasteiger partial charge in [0, 0.05) is 19.0 Å². The Morgan fingerprint density at radius 2 is 1.57 bits per heavy atom. The highest BCUT2D eigenvalue weighted by atomic mass is 16.6. The molecule has 2 N–H and O–H groups in total. The van der Waals surface area contributed by atoms with Crippen molar-refractivity contribution in [1.29, 1.82) is 0 Å². The highest BCUT2D eigenvalue weighted by molar-refractivity contribution is 5.81. The zero-order valence-corrected chi connectivity index (χ0v) is 21.9. The number of amides is 1. The summed E-state index contributed by atoms with van der Waals surface area (Å²) in [5.41, 5.74) is 3.84. The number of aliphatic hydroxyl groups excluding tert-OH is 1. The molecule has 1 aliphatic carbocycles. The Kier molecular flexibility index (Phi) is 9.66. The number of esters is 2. The van der Waals surface area contributed by atoms with Crippen LogP contribution in [0.2, 0.25) is 0 Å². The Morgan fingerprint density at radius 3 is 2.14 bits per heavy atom. The molecule has 200 valence electrons. The summed E-state index contributed by atoms with van der Waals surface area (Å²) >= 11 is 0. The predicted molar refractivity (Wildman–Crippen MR) is 138 cm³/mol. The Labute approximate surface area is 217 Å². The van der Waals surface area contributed by atoms with Gasteiger partial charge in [-0.05, 0) is 49.9 Å². The van der Waals surface area contributed by atoms with Gasteiger partial charge in [0.25, 0.3) is 0 Å². The Hall–Kier alpha value is -3.43. The first kappa shape index (κ1) is 28.1. The van der Waals surface area contributed by atoms with E-state index in [2.05, 4.69) is 17.4 Å². The largest absolute Gasteiger partial charge is 0.463 e. The van der Waals surface area contributed by atoms with Gasteiger partial charge in [-0.15, -0.1) is 0 Å². The van der Waals surface area contributed by atoms with Gasteiger partial charge < -0.3 is 24.6 Å². The first-order valence-electron chi connectivity index (χ1n) is 12.4. The number of nitrogens with zero attached hydrogens (tertiary/aromatic N) is 1. The van der Waals surface area contributed by atoms with E-state index in [4.69, 9.17) is 14.2 Å². The molecule has 0 heterocycles. The predicted octanol–water partition coefficient (Wildman–Crippen LogP) is 3.09. The molecule has 1 aliphatic rings. The molecule has 9 nitrogen and oxygen atoms in total. The molecule has 0 aromatic heterocycles. The second-order valence-electron chi connectivity index (χ2n) is 9.95. The van der Waals surface area contributed by atoms with Crippen LogP contribution in [0, 0.1) is 0 Å². The Morgan fingerprint density at radius 1 is 0.973 bits per heavy atom. The third kappa shape index (κ3) is 8.03. The molecule has 0 aliphatic heterocycles. The minimum Gasteiger partial charge on any atom is -0.463 e. The zero-order chi connectivity index (χ0) is 27.0. The standard InChI is InChI=1S/C28H36N2O7/c1-19(26(33)35-16-14-30(13-15-31)17-25(32)37-28(2,3)4)29-27(34)36-18-24-22-11-7-5-9-20(22)21-10-6-8-12-23(21)24/h5-12,19,24,31H,13-18H2,1-4H3,(H,29,34)/t19-/m0/s1. The fourth-order valence-corrected chi connectivity index (χ4v) is 4.24. The van der Waals surface area contributed by atoms with Crippen LogP contribution in [0.4, 0.5) is 4.79 Å². The molecule has 0 saturated heterocycles. The van der Waals surface area contributed by atoms with Crippen molar-refractivity contribution < 1.29 is 33.7 Å². The summed E-state index contributed by atoms with van der Waals surface area (Å²) in [6, 6.07) is 15.2. The van der Waals surface area contributed by atoms with E-state index in [1.165, 1.54) is 6.92 Å². The highest BCUT2D eigenvalue weighted by Crippen LogP contribution is 2.44. The molecule has 0 radical (unpaired) electrons. The third-order valence-electron chi connectivity index (χ3n) is 5.87. The van der Waals surface area contributed by atoms with E-state index in [1.807, 2.05) is 36.4 Å². The van der Waals surface area contributed by atoms with Gasteiger partial charge in [-0.2, -0.15) is 0 Å². The summed E-state index contributed by atoms with van der Waals surface area (Å²) in [5, 5.41) is 11.8. The number of benzene rings is 2. The van der Waals surface area contributed by atoms with Crippen LogP contribution in [0.3, 0.4) is 0 Å². The van der Waals surface area contributed by atoms with Gasteiger partial charge in [0.1, 0.15) is 24.9 Å². The molecule has 0 fully saturated rings. The summed E-state index contributed by atoms with van der Waals surface area (Å²) in [4.78, 5) is 38.5. The molecule has 0 unspecified atom stereocenters. The molecule has 1 amide bonds. The van der Waals surface area contributed by atoms with Crippen LogP contribution in [-0.2, 0) is 23.8 Å². The van der Waals surface area contributed by atoms with Crippen molar-refractivity contribution in [2.45, 2.75) is 45.3 Å². The first-order chi connectivity index (χ1) is 17.6. The van der Waals surface area contributed by atoms with Crippen molar-refractivity contribution >= 4 is 18.0 Å². The van der Waals surface area contributed by atoms with Gasteiger partial charge in [0.15, 0.2) is 0 Å². The number of aliphatic hydroxyl groups is 1. The maximum absolute atomic E-state index is 12.4. The molecular weight excluding hydrogens is 476 g/mol. The van der Waals surface area contributed by atoms with Crippen LogP contribution in [0.25, 0.3) is 11.1 Å². The van der Waals surface area contributed by atoms with E-state index in [9.17, 15) is 19.5 Å². The van der Waals surface area contributed by atoms with Crippen LogP contribution in [-0.4, -0.2) is 79.1 Å². The first-order valence-corrected chi connectivity index (χ1v) is 12.4. The maximum atomic E-state index is 12.4. The topological polar surface area (TPSA) is 114 Å². The fraction of sp³-hybridized carbons (Fsp3) is 0.464. The van der Waals surface area contributed by atoms with Crippen molar-refractivity contribution in [3.8, 4) is 11.1 Å². The van der Waals surface area contributed by atoms with E-state index in [0.717, 1.165) is 22.3 Å². The molecule has 3 rings (SSSR count). The van der Waals surface area contributed by atoms with Crippen LogP contribution in [0.5, 0.6) is 0 Å². The number of carbonyl (C=O) groups excluding carboxylic acids is 3. The Balaban J connectivity index is 1.44. The average molecular weight is 513 g/mol. The van der Waals surface area contributed by atoms with E-state index in [0.29, 0.717) is 0 Å². The molecule has 0 saturated carbocycles. The minimum absolute atomic E-state index is 0.0155. The quantitative estimate of drug-likeness (QED) is 0.349. The highest BCUT2D eigenvalue weighted by Gasteiger charge is 2.29. The van der Waals surface area contributed by atoms with Crippen molar-refractivity contribution in [2.24, 2.45) is 0 Å². The number of carbonyl (C=O) groups is 3. The van der Waals surface area contributed by atoms with E-state index in [-0.39, 0.29) is 45.4 Å². The van der Waals surface area contributed by atoms with E-state index >= 15 is 0 Å². The van der Waals surface area contributed by atoms with Gasteiger partial charge >= 0.3 is 18.0 Å².